The Morgan fingerprint density at radius 2 is 1.24 bits per heavy atom. The van der Waals surface area contributed by atoms with Crippen molar-refractivity contribution in [1.29, 1.82) is 0 Å². The Labute approximate surface area is 221 Å². The normalized spacial score (nSPS) is 11.8. The number of nitro benzene ring substituents is 1. The van der Waals surface area contributed by atoms with Crippen LogP contribution in [0.25, 0.3) is 0 Å². The average Bonchev–Trinajstić information content (AvgIpc) is 2.96. The lowest BCUT2D eigenvalue weighted by Crippen LogP contribution is -2.46. The third-order valence-corrected chi connectivity index (χ3v) is 6.66. The molecule has 0 aliphatic carbocycles. The first-order valence-corrected chi connectivity index (χ1v) is 12.2. The first-order valence-electron chi connectivity index (χ1n) is 12.2. The standard InChI is InChI=1S/C31H28N2O5/c1-38-30(35)27(21-23-13-11-12-20-28(23)33(36)37)32-29(34)22-31(24-14-5-2-6-15-24,25-16-7-3-8-17-25)26-18-9-4-10-19-26/h2-20,27H,21-22H2,1H3,(H,32,34)/t27-/m0/s1. The number of nitro groups is 1. The minimum Gasteiger partial charge on any atom is -0.467 e. The van der Waals surface area contributed by atoms with E-state index in [9.17, 15) is 19.7 Å². The number of carbonyl (C=O) groups is 2. The molecule has 0 unspecified atom stereocenters. The van der Waals surface area contributed by atoms with Crippen molar-refractivity contribution in [3.63, 3.8) is 0 Å². The quantitative estimate of drug-likeness (QED) is 0.137. The number of nitrogens with one attached hydrogen (secondary N) is 1. The third kappa shape index (κ3) is 5.62. The molecule has 0 spiro atoms. The zero-order chi connectivity index (χ0) is 27.0. The summed E-state index contributed by atoms with van der Waals surface area (Å²) < 4.78 is 4.95. The van der Waals surface area contributed by atoms with E-state index in [-0.39, 0.29) is 18.5 Å². The molecule has 7 nitrogen and oxygen atoms in total. The van der Waals surface area contributed by atoms with Crippen LogP contribution in [0.5, 0.6) is 0 Å². The van der Waals surface area contributed by atoms with Crippen LogP contribution >= 0.6 is 0 Å². The fraction of sp³-hybridized carbons (Fsp3) is 0.161. The van der Waals surface area contributed by atoms with Gasteiger partial charge in [-0.1, -0.05) is 109 Å². The monoisotopic (exact) mass is 508 g/mol. The number of hydrogen-bond donors (Lipinski definition) is 1. The van der Waals surface area contributed by atoms with Crippen LogP contribution in [-0.4, -0.2) is 30.0 Å². The number of amides is 1. The number of benzene rings is 4. The Hall–Kier alpha value is -4.78. The van der Waals surface area contributed by atoms with E-state index in [0.29, 0.717) is 5.56 Å². The van der Waals surface area contributed by atoms with Gasteiger partial charge in [-0.05, 0) is 16.7 Å². The second kappa shape index (κ2) is 12.0. The first-order chi connectivity index (χ1) is 18.5. The zero-order valence-electron chi connectivity index (χ0n) is 20.9. The van der Waals surface area contributed by atoms with Gasteiger partial charge in [-0.15, -0.1) is 0 Å². The number of ether oxygens (including phenoxy) is 1. The lowest BCUT2D eigenvalue weighted by molar-refractivity contribution is -0.385. The molecule has 4 aromatic carbocycles. The summed E-state index contributed by atoms with van der Waals surface area (Å²) >= 11 is 0. The summed E-state index contributed by atoms with van der Waals surface area (Å²) in [6, 6.07) is 34.3. The van der Waals surface area contributed by atoms with Crippen LogP contribution in [-0.2, 0) is 26.2 Å². The highest BCUT2D eigenvalue weighted by atomic mass is 16.6. The summed E-state index contributed by atoms with van der Waals surface area (Å²) in [4.78, 5) is 37.5. The summed E-state index contributed by atoms with van der Waals surface area (Å²) in [7, 11) is 1.23. The summed E-state index contributed by atoms with van der Waals surface area (Å²) in [5, 5.41) is 14.3. The molecule has 4 aromatic rings. The van der Waals surface area contributed by atoms with Crippen LogP contribution in [0.15, 0.2) is 115 Å². The molecule has 192 valence electrons. The van der Waals surface area contributed by atoms with Crippen LogP contribution in [0.3, 0.4) is 0 Å². The van der Waals surface area contributed by atoms with Crippen molar-refractivity contribution in [2.24, 2.45) is 0 Å². The van der Waals surface area contributed by atoms with Crippen molar-refractivity contribution >= 4 is 17.6 Å². The molecule has 4 rings (SSSR count). The molecule has 0 aliphatic rings. The number of hydrogen-bond acceptors (Lipinski definition) is 5. The molecule has 0 bridgehead atoms. The average molecular weight is 509 g/mol. The third-order valence-electron chi connectivity index (χ3n) is 6.66. The van der Waals surface area contributed by atoms with Gasteiger partial charge in [-0.3, -0.25) is 14.9 Å². The topological polar surface area (TPSA) is 98.5 Å². The molecule has 1 amide bonds. The molecule has 0 saturated heterocycles. The summed E-state index contributed by atoms with van der Waals surface area (Å²) in [6.45, 7) is 0. The van der Waals surface area contributed by atoms with Crippen molar-refractivity contribution in [1.82, 2.24) is 5.32 Å². The van der Waals surface area contributed by atoms with Crippen molar-refractivity contribution in [2.75, 3.05) is 7.11 Å². The van der Waals surface area contributed by atoms with E-state index in [4.69, 9.17) is 4.74 Å². The van der Waals surface area contributed by atoms with Gasteiger partial charge in [0.15, 0.2) is 0 Å². The molecule has 1 N–H and O–H groups in total. The fourth-order valence-electron chi connectivity index (χ4n) is 4.88. The van der Waals surface area contributed by atoms with Crippen molar-refractivity contribution in [3.05, 3.63) is 148 Å². The lowest BCUT2D eigenvalue weighted by Gasteiger charge is -2.36. The van der Waals surface area contributed by atoms with Gasteiger partial charge in [-0.25, -0.2) is 4.79 Å². The lowest BCUT2D eigenvalue weighted by atomic mass is 9.67. The summed E-state index contributed by atoms with van der Waals surface area (Å²) in [5.74, 6) is -1.07. The Bertz CT molecular complexity index is 1300. The van der Waals surface area contributed by atoms with E-state index in [1.54, 1.807) is 18.2 Å². The van der Waals surface area contributed by atoms with E-state index in [1.807, 2.05) is 91.0 Å². The Morgan fingerprint density at radius 3 is 1.68 bits per heavy atom. The van der Waals surface area contributed by atoms with E-state index < -0.39 is 28.3 Å². The number of methoxy groups -OCH3 is 1. The van der Waals surface area contributed by atoms with E-state index >= 15 is 0 Å². The molecule has 38 heavy (non-hydrogen) atoms. The Morgan fingerprint density at radius 1 is 0.789 bits per heavy atom. The van der Waals surface area contributed by atoms with E-state index in [0.717, 1.165) is 16.7 Å². The minimum absolute atomic E-state index is 0.00455. The molecule has 0 aliphatic heterocycles. The second-order valence-electron chi connectivity index (χ2n) is 8.91. The van der Waals surface area contributed by atoms with Crippen LogP contribution in [0.1, 0.15) is 28.7 Å². The van der Waals surface area contributed by atoms with Gasteiger partial charge >= 0.3 is 5.97 Å². The molecule has 0 fully saturated rings. The van der Waals surface area contributed by atoms with Gasteiger partial charge < -0.3 is 10.1 Å². The predicted octanol–water partition coefficient (Wildman–Crippen LogP) is 5.22. The van der Waals surface area contributed by atoms with Gasteiger partial charge in [0.1, 0.15) is 6.04 Å². The van der Waals surface area contributed by atoms with Crippen LogP contribution in [0, 0.1) is 10.1 Å². The van der Waals surface area contributed by atoms with Crippen LogP contribution < -0.4 is 5.32 Å². The Kier molecular flexibility index (Phi) is 8.28. The molecular formula is C31H28N2O5. The molecule has 0 aromatic heterocycles. The van der Waals surface area contributed by atoms with Gasteiger partial charge in [0.2, 0.25) is 5.91 Å². The Balaban J connectivity index is 1.74. The van der Waals surface area contributed by atoms with Crippen molar-refractivity contribution in [2.45, 2.75) is 24.3 Å². The van der Waals surface area contributed by atoms with Crippen LogP contribution in [0.2, 0.25) is 0 Å². The molecule has 0 saturated carbocycles. The number of rotatable bonds is 10. The maximum atomic E-state index is 13.8. The van der Waals surface area contributed by atoms with Gasteiger partial charge in [0.25, 0.3) is 5.69 Å². The number of carbonyl (C=O) groups excluding carboxylic acids is 2. The number of esters is 1. The van der Waals surface area contributed by atoms with Gasteiger partial charge in [0.05, 0.1) is 17.4 Å². The number of nitrogens with zero attached hydrogens (tertiary/aromatic N) is 1. The summed E-state index contributed by atoms with van der Waals surface area (Å²) in [6.07, 6.45) is -0.0833. The second-order valence-corrected chi connectivity index (χ2v) is 8.91. The van der Waals surface area contributed by atoms with Crippen molar-refractivity contribution in [3.8, 4) is 0 Å². The maximum Gasteiger partial charge on any atom is 0.328 e. The molecule has 0 radical (unpaired) electrons. The zero-order valence-corrected chi connectivity index (χ0v) is 20.9. The highest BCUT2D eigenvalue weighted by Gasteiger charge is 2.39. The number of para-hydroxylation sites is 1. The van der Waals surface area contributed by atoms with Crippen molar-refractivity contribution < 1.29 is 19.2 Å². The largest absolute Gasteiger partial charge is 0.467 e. The molecule has 0 heterocycles. The molecule has 1 atom stereocenters. The summed E-state index contributed by atoms with van der Waals surface area (Å²) in [5.41, 5.74) is 2.10. The molecule has 7 heteroatoms. The van der Waals surface area contributed by atoms with Gasteiger partial charge in [0, 0.05) is 24.5 Å². The SMILES string of the molecule is COC(=O)[C@H](Cc1ccccc1[N+](=O)[O-])NC(=O)CC(c1ccccc1)(c1ccccc1)c1ccccc1. The van der Waals surface area contributed by atoms with Gasteiger partial charge in [-0.2, -0.15) is 0 Å². The highest BCUT2D eigenvalue weighted by Crippen LogP contribution is 2.42. The first kappa shape index (κ1) is 26.3. The van der Waals surface area contributed by atoms with Crippen LogP contribution in [0.4, 0.5) is 5.69 Å². The predicted molar refractivity (Wildman–Crippen MR) is 145 cm³/mol. The van der Waals surface area contributed by atoms with E-state index in [2.05, 4.69) is 5.32 Å². The molecular weight excluding hydrogens is 480 g/mol. The van der Waals surface area contributed by atoms with E-state index in [1.165, 1.54) is 13.2 Å². The fourth-order valence-corrected chi connectivity index (χ4v) is 4.88. The highest BCUT2D eigenvalue weighted by molar-refractivity contribution is 5.86. The smallest absolute Gasteiger partial charge is 0.328 e. The minimum atomic E-state index is -1.10. The maximum absolute atomic E-state index is 13.8.